The minimum absolute atomic E-state index is 0.115. The molecular formula is C18H26N2O4. The third-order valence-corrected chi connectivity index (χ3v) is 4.91. The van der Waals surface area contributed by atoms with Crippen LogP contribution in [0.2, 0.25) is 0 Å². The summed E-state index contributed by atoms with van der Waals surface area (Å²) in [4.78, 5) is 24.4. The van der Waals surface area contributed by atoms with E-state index in [1.807, 2.05) is 32.0 Å². The minimum atomic E-state index is -0.706. The van der Waals surface area contributed by atoms with Crippen molar-refractivity contribution in [3.8, 4) is 5.75 Å². The highest BCUT2D eigenvalue weighted by atomic mass is 16.5. The molecule has 0 aromatic heterocycles. The first-order valence-corrected chi connectivity index (χ1v) is 8.19. The molecule has 24 heavy (non-hydrogen) atoms. The van der Waals surface area contributed by atoms with Crippen molar-refractivity contribution >= 4 is 11.8 Å². The molecule has 0 aliphatic carbocycles. The smallest absolute Gasteiger partial charge is 0.227 e. The normalized spacial score (nSPS) is 17.8. The molecule has 1 aromatic carbocycles. The largest absolute Gasteiger partial charge is 0.497 e. The predicted octanol–water partition coefficient (Wildman–Crippen LogP) is 1.51. The van der Waals surface area contributed by atoms with Crippen molar-refractivity contribution < 1.29 is 19.1 Å². The van der Waals surface area contributed by atoms with E-state index >= 15 is 0 Å². The molecule has 0 spiro atoms. The average molecular weight is 334 g/mol. The summed E-state index contributed by atoms with van der Waals surface area (Å²) in [5, 5.41) is 2.90. The summed E-state index contributed by atoms with van der Waals surface area (Å²) in [6.07, 6.45) is 1.08. The SMILES string of the molecule is COc1ccc(C(C)C(=O)NCC2(C(N)=O)CCOCC2)c(C)c1. The lowest BCUT2D eigenvalue weighted by molar-refractivity contribution is -0.134. The van der Waals surface area contributed by atoms with Gasteiger partial charge in [0.15, 0.2) is 0 Å². The highest BCUT2D eigenvalue weighted by Crippen LogP contribution is 2.30. The molecule has 1 heterocycles. The van der Waals surface area contributed by atoms with Gasteiger partial charge in [0.2, 0.25) is 11.8 Å². The van der Waals surface area contributed by atoms with Gasteiger partial charge in [-0.25, -0.2) is 0 Å². The van der Waals surface area contributed by atoms with Crippen LogP contribution in [0.5, 0.6) is 5.75 Å². The number of nitrogens with two attached hydrogens (primary N) is 1. The van der Waals surface area contributed by atoms with Crippen LogP contribution in [0.25, 0.3) is 0 Å². The van der Waals surface area contributed by atoms with E-state index in [0.29, 0.717) is 26.1 Å². The fourth-order valence-corrected chi connectivity index (χ4v) is 3.08. The number of rotatable bonds is 6. The first-order valence-electron chi connectivity index (χ1n) is 8.19. The summed E-state index contributed by atoms with van der Waals surface area (Å²) in [5.74, 6) is -0.0471. The van der Waals surface area contributed by atoms with Gasteiger partial charge in [0.1, 0.15) is 5.75 Å². The second-order valence-corrected chi connectivity index (χ2v) is 6.42. The van der Waals surface area contributed by atoms with Crippen molar-refractivity contribution in [1.29, 1.82) is 0 Å². The van der Waals surface area contributed by atoms with Gasteiger partial charge < -0.3 is 20.5 Å². The summed E-state index contributed by atoms with van der Waals surface area (Å²) in [6, 6.07) is 5.65. The summed E-state index contributed by atoms with van der Waals surface area (Å²) in [6.45, 7) is 5.04. The zero-order valence-corrected chi connectivity index (χ0v) is 14.6. The molecule has 1 aliphatic rings. The van der Waals surface area contributed by atoms with Crippen LogP contribution in [0.3, 0.4) is 0 Å². The molecule has 6 nitrogen and oxygen atoms in total. The van der Waals surface area contributed by atoms with Crippen LogP contribution in [0.1, 0.15) is 36.8 Å². The van der Waals surface area contributed by atoms with Crippen molar-refractivity contribution in [1.82, 2.24) is 5.32 Å². The van der Waals surface area contributed by atoms with Crippen molar-refractivity contribution in [2.45, 2.75) is 32.6 Å². The summed E-state index contributed by atoms with van der Waals surface area (Å²) in [5.41, 5.74) is 6.80. The number of carbonyl (C=O) groups is 2. The van der Waals surface area contributed by atoms with E-state index in [-0.39, 0.29) is 24.3 Å². The second-order valence-electron chi connectivity index (χ2n) is 6.42. The molecule has 1 aliphatic heterocycles. The third-order valence-electron chi connectivity index (χ3n) is 4.91. The van der Waals surface area contributed by atoms with Gasteiger partial charge in [0.25, 0.3) is 0 Å². The van der Waals surface area contributed by atoms with Gasteiger partial charge in [0.05, 0.1) is 18.4 Å². The first-order chi connectivity index (χ1) is 11.4. The van der Waals surface area contributed by atoms with Gasteiger partial charge in [-0.05, 0) is 49.9 Å². The average Bonchev–Trinajstić information content (AvgIpc) is 2.59. The molecule has 2 rings (SSSR count). The maximum atomic E-state index is 12.5. The van der Waals surface area contributed by atoms with Crippen LogP contribution in [0.15, 0.2) is 18.2 Å². The van der Waals surface area contributed by atoms with E-state index < -0.39 is 5.41 Å². The van der Waals surface area contributed by atoms with E-state index in [1.54, 1.807) is 7.11 Å². The van der Waals surface area contributed by atoms with Crippen molar-refractivity contribution in [3.05, 3.63) is 29.3 Å². The monoisotopic (exact) mass is 334 g/mol. The quantitative estimate of drug-likeness (QED) is 0.825. The second kappa shape index (κ2) is 7.66. The van der Waals surface area contributed by atoms with Crippen LogP contribution in [0.4, 0.5) is 0 Å². The van der Waals surface area contributed by atoms with Crippen molar-refractivity contribution in [3.63, 3.8) is 0 Å². The Kier molecular flexibility index (Phi) is 5.83. The van der Waals surface area contributed by atoms with Gasteiger partial charge >= 0.3 is 0 Å². The highest BCUT2D eigenvalue weighted by Gasteiger charge is 2.39. The zero-order valence-electron chi connectivity index (χ0n) is 14.6. The van der Waals surface area contributed by atoms with E-state index in [0.717, 1.165) is 16.9 Å². The molecule has 3 N–H and O–H groups in total. The first kappa shape index (κ1) is 18.3. The molecule has 1 saturated heterocycles. The number of nitrogens with one attached hydrogen (secondary N) is 1. The predicted molar refractivity (Wildman–Crippen MR) is 90.8 cm³/mol. The standard InChI is InChI=1S/C18H26N2O4/c1-12-10-14(23-3)4-5-15(12)13(2)16(21)20-11-18(17(19)22)6-8-24-9-7-18/h4-5,10,13H,6-9,11H2,1-3H3,(H2,19,22)(H,20,21). The molecule has 1 fully saturated rings. The summed E-state index contributed by atoms with van der Waals surface area (Å²) >= 11 is 0. The highest BCUT2D eigenvalue weighted by molar-refractivity contribution is 5.86. The van der Waals surface area contributed by atoms with Crippen LogP contribution in [-0.2, 0) is 14.3 Å². The van der Waals surface area contributed by atoms with E-state index in [9.17, 15) is 9.59 Å². The van der Waals surface area contributed by atoms with E-state index in [4.69, 9.17) is 15.2 Å². The number of primary amides is 1. The van der Waals surface area contributed by atoms with Crippen LogP contribution >= 0.6 is 0 Å². The lowest BCUT2D eigenvalue weighted by atomic mass is 9.79. The third kappa shape index (κ3) is 3.87. The molecule has 1 atom stereocenters. The topological polar surface area (TPSA) is 90.6 Å². The van der Waals surface area contributed by atoms with Crippen molar-refractivity contribution in [2.75, 3.05) is 26.9 Å². The van der Waals surface area contributed by atoms with E-state index in [2.05, 4.69) is 5.32 Å². The van der Waals surface area contributed by atoms with Gasteiger partial charge in [-0.2, -0.15) is 0 Å². The summed E-state index contributed by atoms with van der Waals surface area (Å²) in [7, 11) is 1.61. The number of benzene rings is 1. The lowest BCUT2D eigenvalue weighted by Crippen LogP contribution is -2.50. The van der Waals surface area contributed by atoms with Crippen LogP contribution in [0, 0.1) is 12.3 Å². The Labute approximate surface area is 142 Å². The molecular weight excluding hydrogens is 308 g/mol. The molecule has 0 bridgehead atoms. The number of carbonyl (C=O) groups excluding carboxylic acids is 2. The fraction of sp³-hybridized carbons (Fsp3) is 0.556. The van der Waals surface area contributed by atoms with Crippen LogP contribution < -0.4 is 15.8 Å². The van der Waals surface area contributed by atoms with Crippen LogP contribution in [-0.4, -0.2) is 38.7 Å². The van der Waals surface area contributed by atoms with Crippen molar-refractivity contribution in [2.24, 2.45) is 11.1 Å². The Hall–Kier alpha value is -2.08. The maximum absolute atomic E-state index is 12.5. The van der Waals surface area contributed by atoms with Gasteiger partial charge in [-0.3, -0.25) is 9.59 Å². The Morgan fingerprint density at radius 3 is 2.58 bits per heavy atom. The molecule has 132 valence electrons. The number of aryl methyl sites for hydroxylation is 1. The Balaban J connectivity index is 2.04. The molecule has 0 saturated carbocycles. The maximum Gasteiger partial charge on any atom is 0.227 e. The number of methoxy groups -OCH3 is 1. The Morgan fingerprint density at radius 1 is 1.38 bits per heavy atom. The minimum Gasteiger partial charge on any atom is -0.497 e. The Bertz CT molecular complexity index is 609. The fourth-order valence-electron chi connectivity index (χ4n) is 3.08. The summed E-state index contributed by atoms with van der Waals surface area (Å²) < 4.78 is 10.5. The number of hydrogen-bond acceptors (Lipinski definition) is 4. The lowest BCUT2D eigenvalue weighted by Gasteiger charge is -2.34. The molecule has 1 aromatic rings. The molecule has 1 unspecified atom stereocenters. The van der Waals surface area contributed by atoms with Gasteiger partial charge in [-0.1, -0.05) is 6.07 Å². The van der Waals surface area contributed by atoms with E-state index in [1.165, 1.54) is 0 Å². The number of amides is 2. The molecule has 6 heteroatoms. The zero-order chi connectivity index (χ0) is 17.7. The number of ether oxygens (including phenoxy) is 2. The van der Waals surface area contributed by atoms with Gasteiger partial charge in [0, 0.05) is 19.8 Å². The number of hydrogen-bond donors (Lipinski definition) is 2. The Morgan fingerprint density at radius 2 is 2.04 bits per heavy atom. The molecule has 0 radical (unpaired) electrons. The molecule has 2 amide bonds. The van der Waals surface area contributed by atoms with Gasteiger partial charge in [-0.15, -0.1) is 0 Å².